The number of amides is 1. The highest BCUT2D eigenvalue weighted by atomic mass is 127. The second-order valence-corrected chi connectivity index (χ2v) is 9.28. The molecular formula is C20H13BrINO3S2. The summed E-state index contributed by atoms with van der Waals surface area (Å²) in [4.78, 5) is 15.0. The predicted octanol–water partition coefficient (Wildman–Crippen LogP) is 5.48. The molecule has 0 atom stereocenters. The average Bonchev–Trinajstić information content (AvgIpc) is 2.93. The average molecular weight is 586 g/mol. The van der Waals surface area contributed by atoms with Gasteiger partial charge in [-0.1, -0.05) is 51.9 Å². The number of carbonyl (C=O) groups excluding carboxylic acids is 1. The molecule has 3 rings (SSSR count). The molecule has 0 aliphatic carbocycles. The number of anilines is 1. The van der Waals surface area contributed by atoms with Crippen LogP contribution < -0.4 is 14.4 Å². The van der Waals surface area contributed by atoms with E-state index in [2.05, 4.69) is 44.4 Å². The molecular weight excluding hydrogens is 573 g/mol. The highest BCUT2D eigenvalue weighted by Gasteiger charge is 2.33. The topological polar surface area (TPSA) is 38.8 Å². The lowest BCUT2D eigenvalue weighted by Gasteiger charge is -2.14. The largest absolute Gasteiger partial charge is 0.493 e. The monoisotopic (exact) mass is 585 g/mol. The van der Waals surface area contributed by atoms with Crippen LogP contribution in [-0.4, -0.2) is 23.9 Å². The molecule has 0 saturated carbocycles. The summed E-state index contributed by atoms with van der Waals surface area (Å²) in [5, 5.41) is 0. The fourth-order valence-corrected chi connectivity index (χ4v) is 5.00. The van der Waals surface area contributed by atoms with Gasteiger partial charge in [-0.2, -0.15) is 0 Å². The summed E-state index contributed by atoms with van der Waals surface area (Å²) in [5.41, 5.74) is 1.54. The predicted molar refractivity (Wildman–Crippen MR) is 130 cm³/mol. The highest BCUT2D eigenvalue weighted by molar-refractivity contribution is 14.1. The van der Waals surface area contributed by atoms with E-state index in [0.717, 1.165) is 19.3 Å². The molecule has 142 valence electrons. The van der Waals surface area contributed by atoms with E-state index in [1.165, 1.54) is 16.7 Å². The number of hydrogen-bond acceptors (Lipinski definition) is 5. The first-order valence-electron chi connectivity index (χ1n) is 7.92. The molecule has 0 unspecified atom stereocenters. The molecule has 0 bridgehead atoms. The molecule has 8 heteroatoms. The lowest BCUT2D eigenvalue weighted by Crippen LogP contribution is -2.27. The molecule has 1 amide bonds. The van der Waals surface area contributed by atoms with E-state index in [1.807, 2.05) is 30.3 Å². The Morgan fingerprint density at radius 1 is 1.39 bits per heavy atom. The minimum Gasteiger partial charge on any atom is -0.493 e. The van der Waals surface area contributed by atoms with Gasteiger partial charge in [-0.25, -0.2) is 0 Å². The summed E-state index contributed by atoms with van der Waals surface area (Å²) in [6, 6.07) is 11.2. The van der Waals surface area contributed by atoms with Gasteiger partial charge in [0, 0.05) is 4.47 Å². The minimum absolute atomic E-state index is 0.150. The van der Waals surface area contributed by atoms with E-state index < -0.39 is 0 Å². The van der Waals surface area contributed by atoms with Gasteiger partial charge in [0.1, 0.15) is 6.61 Å². The van der Waals surface area contributed by atoms with E-state index in [4.69, 9.17) is 28.1 Å². The molecule has 1 heterocycles. The van der Waals surface area contributed by atoms with Crippen LogP contribution in [0.25, 0.3) is 6.08 Å². The number of terminal acetylenes is 1. The zero-order valence-corrected chi connectivity index (χ0v) is 19.9. The van der Waals surface area contributed by atoms with Crippen LogP contribution in [-0.2, 0) is 4.79 Å². The number of ether oxygens (including phenoxy) is 2. The Morgan fingerprint density at radius 2 is 2.18 bits per heavy atom. The van der Waals surface area contributed by atoms with Gasteiger partial charge >= 0.3 is 0 Å². The third-order valence-electron chi connectivity index (χ3n) is 3.71. The molecule has 4 nitrogen and oxygen atoms in total. The summed E-state index contributed by atoms with van der Waals surface area (Å²) in [6.07, 6.45) is 7.07. The smallest absolute Gasteiger partial charge is 0.270 e. The Hall–Kier alpha value is -1.54. The van der Waals surface area contributed by atoms with Crippen LogP contribution in [0.1, 0.15) is 5.56 Å². The zero-order valence-electron chi connectivity index (χ0n) is 14.6. The summed E-state index contributed by atoms with van der Waals surface area (Å²) < 4.78 is 13.2. The Bertz CT molecular complexity index is 1030. The van der Waals surface area contributed by atoms with Crippen molar-refractivity contribution in [2.45, 2.75) is 0 Å². The molecule has 2 aromatic rings. The number of benzene rings is 2. The SMILES string of the molecule is C#CCOc1c(I)cc(/C=C2/SC(=S)N(c3cccc(Br)c3)C2=O)cc1OC. The summed E-state index contributed by atoms with van der Waals surface area (Å²) in [7, 11) is 1.56. The first-order valence-corrected chi connectivity index (χ1v) is 11.0. The molecule has 0 N–H and O–H groups in total. The van der Waals surface area contributed by atoms with Gasteiger partial charge in [-0.05, 0) is 64.6 Å². The number of methoxy groups -OCH3 is 1. The number of thiocarbonyl (C=S) groups is 1. The van der Waals surface area contributed by atoms with Gasteiger partial charge in [0.2, 0.25) is 0 Å². The van der Waals surface area contributed by atoms with E-state index in [-0.39, 0.29) is 12.5 Å². The number of hydrogen-bond donors (Lipinski definition) is 0. The van der Waals surface area contributed by atoms with Crippen LogP contribution in [0.15, 0.2) is 45.8 Å². The second kappa shape index (κ2) is 9.31. The third-order valence-corrected chi connectivity index (χ3v) is 6.31. The van der Waals surface area contributed by atoms with Crippen molar-refractivity contribution in [3.8, 4) is 23.8 Å². The van der Waals surface area contributed by atoms with Gasteiger partial charge in [0.15, 0.2) is 15.8 Å². The molecule has 0 spiro atoms. The molecule has 0 radical (unpaired) electrons. The quantitative estimate of drug-likeness (QED) is 0.201. The van der Waals surface area contributed by atoms with Gasteiger partial charge in [-0.15, -0.1) is 6.42 Å². The van der Waals surface area contributed by atoms with E-state index in [0.29, 0.717) is 20.7 Å². The maximum atomic E-state index is 12.9. The Kier molecular flexibility index (Phi) is 7.04. The van der Waals surface area contributed by atoms with Crippen LogP contribution in [0.2, 0.25) is 0 Å². The van der Waals surface area contributed by atoms with Crippen LogP contribution in [0.4, 0.5) is 5.69 Å². The van der Waals surface area contributed by atoms with Crippen LogP contribution in [0.3, 0.4) is 0 Å². The van der Waals surface area contributed by atoms with Crippen molar-refractivity contribution < 1.29 is 14.3 Å². The Morgan fingerprint density at radius 3 is 2.86 bits per heavy atom. The van der Waals surface area contributed by atoms with Crippen LogP contribution in [0, 0.1) is 15.9 Å². The van der Waals surface area contributed by atoms with Crippen LogP contribution >= 0.6 is 62.5 Å². The van der Waals surface area contributed by atoms with Gasteiger partial charge in [0.25, 0.3) is 5.91 Å². The maximum Gasteiger partial charge on any atom is 0.270 e. The first kappa shape index (κ1) is 21.2. The summed E-state index contributed by atoms with van der Waals surface area (Å²) in [6.45, 7) is 0.150. The van der Waals surface area contributed by atoms with E-state index >= 15 is 0 Å². The minimum atomic E-state index is -0.158. The zero-order chi connectivity index (χ0) is 20.3. The van der Waals surface area contributed by atoms with Crippen molar-refractivity contribution >= 4 is 84.5 Å². The molecule has 1 fully saturated rings. The summed E-state index contributed by atoms with van der Waals surface area (Å²) in [5.74, 6) is 3.42. The van der Waals surface area contributed by atoms with Gasteiger partial charge < -0.3 is 9.47 Å². The van der Waals surface area contributed by atoms with Crippen molar-refractivity contribution in [2.24, 2.45) is 0 Å². The number of rotatable bonds is 5. The third kappa shape index (κ3) is 4.54. The fourth-order valence-electron chi connectivity index (χ4n) is 2.53. The number of thioether (sulfide) groups is 1. The molecule has 28 heavy (non-hydrogen) atoms. The number of nitrogens with zero attached hydrogens (tertiary/aromatic N) is 1. The number of halogens is 2. The maximum absolute atomic E-state index is 12.9. The highest BCUT2D eigenvalue weighted by Crippen LogP contribution is 2.39. The molecule has 0 aromatic heterocycles. The van der Waals surface area contributed by atoms with Crippen molar-refractivity contribution in [3.05, 3.63) is 54.9 Å². The lowest BCUT2D eigenvalue weighted by atomic mass is 10.1. The molecule has 1 saturated heterocycles. The van der Waals surface area contributed by atoms with Crippen molar-refractivity contribution in [1.82, 2.24) is 0 Å². The summed E-state index contributed by atoms with van der Waals surface area (Å²) >= 11 is 12.3. The molecule has 2 aromatic carbocycles. The lowest BCUT2D eigenvalue weighted by molar-refractivity contribution is -0.113. The van der Waals surface area contributed by atoms with E-state index in [9.17, 15) is 4.79 Å². The Labute approximate surface area is 194 Å². The van der Waals surface area contributed by atoms with E-state index in [1.54, 1.807) is 19.3 Å². The normalized spacial score (nSPS) is 15.1. The number of carbonyl (C=O) groups is 1. The first-order chi connectivity index (χ1) is 13.4. The molecule has 1 aliphatic heterocycles. The van der Waals surface area contributed by atoms with Gasteiger partial charge in [-0.3, -0.25) is 9.69 Å². The molecule has 1 aliphatic rings. The fraction of sp³-hybridized carbons (Fsp3) is 0.100. The van der Waals surface area contributed by atoms with Gasteiger partial charge in [0.05, 0.1) is 21.3 Å². The standard InChI is InChI=1S/C20H13BrINO3S2/c1-3-7-26-18-15(22)8-12(9-16(18)25-2)10-17-19(24)23(20(27)28-17)14-6-4-5-13(21)11-14/h1,4-6,8-11H,7H2,2H3/b17-10+. The Balaban J connectivity index is 1.94. The van der Waals surface area contributed by atoms with Crippen molar-refractivity contribution in [3.63, 3.8) is 0 Å². The van der Waals surface area contributed by atoms with Crippen molar-refractivity contribution in [2.75, 3.05) is 18.6 Å². The second-order valence-electron chi connectivity index (χ2n) is 5.52. The van der Waals surface area contributed by atoms with Crippen LogP contribution in [0.5, 0.6) is 11.5 Å². The van der Waals surface area contributed by atoms with Crippen molar-refractivity contribution in [1.29, 1.82) is 0 Å².